The van der Waals surface area contributed by atoms with Crippen molar-refractivity contribution in [2.75, 3.05) is 0 Å². The summed E-state index contributed by atoms with van der Waals surface area (Å²) in [7, 11) is 0. The molecule has 334 valence electrons. The standard InChI is InChI=1S/C63H38N4O3S/c1-5-21-47-38(13-1)39-14-2-6-22-48(39)67(47)36-30-32-43-56(34-36)71-55-28-12-17-37(60(43)55)35-29-31-42-54(33-35)70-53-27-11-20-46(59(42)53)63-65-61(44-18-9-25-51-57(44)40-15-3-7-23-49(40)68-51)64-62(66-63)45-19-10-26-52-58(45)41-16-4-8-24-50(41)69-52/h1-34,61,63,65H,(H,64,66). The minimum Gasteiger partial charge on any atom is -0.456 e. The highest BCUT2D eigenvalue weighted by atomic mass is 32.1. The van der Waals surface area contributed by atoms with E-state index in [2.05, 4.69) is 179 Å². The monoisotopic (exact) mass is 930 g/mol. The van der Waals surface area contributed by atoms with Gasteiger partial charge in [0.2, 0.25) is 0 Å². The van der Waals surface area contributed by atoms with Crippen LogP contribution in [0.3, 0.4) is 0 Å². The fourth-order valence-corrected chi connectivity index (χ4v) is 12.8. The zero-order valence-corrected chi connectivity index (χ0v) is 38.6. The zero-order chi connectivity index (χ0) is 46.3. The van der Waals surface area contributed by atoms with Crippen molar-refractivity contribution in [3.8, 4) is 16.8 Å². The molecule has 2 N–H and O–H groups in total. The van der Waals surface area contributed by atoms with Gasteiger partial charge in [-0.15, -0.1) is 11.3 Å². The second-order valence-corrected chi connectivity index (χ2v) is 19.7. The van der Waals surface area contributed by atoms with Crippen LogP contribution in [-0.2, 0) is 0 Å². The molecule has 10 aromatic carbocycles. The number of aromatic nitrogens is 1. The minimum absolute atomic E-state index is 0.364. The number of fused-ring (bicyclic) bond motifs is 15. The van der Waals surface area contributed by atoms with Crippen LogP contribution in [0.2, 0.25) is 0 Å². The van der Waals surface area contributed by atoms with E-state index >= 15 is 0 Å². The topological polar surface area (TPSA) is 80.8 Å². The van der Waals surface area contributed by atoms with Crippen LogP contribution in [0.5, 0.6) is 0 Å². The predicted molar refractivity (Wildman–Crippen MR) is 292 cm³/mol. The summed E-state index contributed by atoms with van der Waals surface area (Å²) in [5.74, 6) is 0.770. The Balaban J connectivity index is 0.830. The van der Waals surface area contributed by atoms with Gasteiger partial charge in [0.15, 0.2) is 0 Å². The number of rotatable bonds is 5. The maximum absolute atomic E-state index is 6.86. The van der Waals surface area contributed by atoms with Gasteiger partial charge in [-0.2, -0.15) is 0 Å². The molecule has 6 heterocycles. The summed E-state index contributed by atoms with van der Waals surface area (Å²) in [6.07, 6.45) is -0.801. The third kappa shape index (κ3) is 5.71. The Morgan fingerprint density at radius 3 is 1.73 bits per heavy atom. The summed E-state index contributed by atoms with van der Waals surface area (Å²) in [6, 6.07) is 73.0. The van der Waals surface area contributed by atoms with Crippen LogP contribution >= 0.6 is 11.3 Å². The Bertz CT molecular complexity index is 4700. The zero-order valence-electron chi connectivity index (χ0n) is 37.8. The lowest BCUT2D eigenvalue weighted by molar-refractivity contribution is 0.413. The fourth-order valence-electron chi connectivity index (χ4n) is 11.7. The number of benzene rings is 10. The third-order valence-electron chi connectivity index (χ3n) is 14.7. The Kier molecular flexibility index (Phi) is 8.11. The molecule has 1 aliphatic rings. The molecule has 0 aliphatic carbocycles. The van der Waals surface area contributed by atoms with Gasteiger partial charge in [-0.3, -0.25) is 5.32 Å². The lowest BCUT2D eigenvalue weighted by atomic mass is 9.97. The Morgan fingerprint density at radius 2 is 0.972 bits per heavy atom. The first kappa shape index (κ1) is 39.0. The lowest BCUT2D eigenvalue weighted by Gasteiger charge is -2.33. The normalized spacial score (nSPS) is 15.5. The van der Waals surface area contributed by atoms with Crippen molar-refractivity contribution in [1.29, 1.82) is 0 Å². The summed E-state index contributed by atoms with van der Waals surface area (Å²) >= 11 is 1.85. The SMILES string of the molecule is c1ccc2c(c1)oc1cccc(C3=NC(c4cccc5oc6ccccc6c45)NC(c4cccc5oc6cc(-c7cccc8sc9cc(-n%10c%11ccccc%11c%11ccccc%11%10)ccc9c78)ccc6c45)N3)c12. The molecule has 0 saturated heterocycles. The fraction of sp³-hybridized carbons (Fsp3) is 0.0317. The van der Waals surface area contributed by atoms with Crippen LogP contribution in [0.25, 0.3) is 125 Å². The molecule has 8 heteroatoms. The molecule has 5 aromatic heterocycles. The molecular formula is C63H38N4O3S. The van der Waals surface area contributed by atoms with Gasteiger partial charge in [-0.25, -0.2) is 4.99 Å². The summed E-state index contributed by atoms with van der Waals surface area (Å²) < 4.78 is 24.6. The Labute approximate surface area is 408 Å². The van der Waals surface area contributed by atoms with E-state index in [1.165, 1.54) is 47.5 Å². The average Bonchev–Trinajstić information content (AvgIpc) is 4.25. The van der Waals surface area contributed by atoms with E-state index in [0.29, 0.717) is 0 Å². The molecule has 0 amide bonds. The number of thiophene rings is 1. The van der Waals surface area contributed by atoms with E-state index in [0.717, 1.165) is 99.6 Å². The molecule has 0 bridgehead atoms. The van der Waals surface area contributed by atoms with Crippen LogP contribution in [0, 0.1) is 0 Å². The number of amidine groups is 1. The molecule has 15 aromatic rings. The van der Waals surface area contributed by atoms with Gasteiger partial charge in [0.05, 0.1) is 11.0 Å². The van der Waals surface area contributed by atoms with Crippen molar-refractivity contribution in [1.82, 2.24) is 15.2 Å². The highest BCUT2D eigenvalue weighted by Gasteiger charge is 2.31. The van der Waals surface area contributed by atoms with Gasteiger partial charge < -0.3 is 23.1 Å². The first-order valence-corrected chi connectivity index (χ1v) is 24.8. The van der Waals surface area contributed by atoms with Crippen molar-refractivity contribution >= 4 is 125 Å². The van der Waals surface area contributed by atoms with E-state index in [-0.39, 0.29) is 6.17 Å². The summed E-state index contributed by atoms with van der Waals surface area (Å²) in [4.78, 5) is 5.52. The highest BCUT2D eigenvalue weighted by molar-refractivity contribution is 7.26. The van der Waals surface area contributed by atoms with Crippen LogP contribution in [0.1, 0.15) is 29.0 Å². The van der Waals surface area contributed by atoms with Crippen molar-refractivity contribution in [2.24, 2.45) is 4.99 Å². The second kappa shape index (κ2) is 14.8. The van der Waals surface area contributed by atoms with Crippen molar-refractivity contribution < 1.29 is 13.3 Å². The number of furan rings is 3. The molecule has 0 fully saturated rings. The van der Waals surface area contributed by atoms with Gasteiger partial charge in [-0.1, -0.05) is 133 Å². The van der Waals surface area contributed by atoms with Crippen LogP contribution < -0.4 is 10.6 Å². The predicted octanol–water partition coefficient (Wildman–Crippen LogP) is 16.9. The number of nitrogens with one attached hydrogen (secondary N) is 2. The Hall–Kier alpha value is -8.95. The van der Waals surface area contributed by atoms with Crippen LogP contribution in [0.4, 0.5) is 0 Å². The summed E-state index contributed by atoms with van der Waals surface area (Å²) in [5.41, 5.74) is 13.9. The van der Waals surface area contributed by atoms with Gasteiger partial charge >= 0.3 is 0 Å². The number of hydrogen-bond acceptors (Lipinski definition) is 7. The van der Waals surface area contributed by atoms with Gasteiger partial charge in [-0.05, 0) is 83.9 Å². The molecule has 0 radical (unpaired) electrons. The largest absolute Gasteiger partial charge is 0.456 e. The molecule has 1 aliphatic heterocycles. The van der Waals surface area contributed by atoms with Crippen molar-refractivity contribution in [3.05, 3.63) is 223 Å². The second-order valence-electron chi connectivity index (χ2n) is 18.6. The van der Waals surface area contributed by atoms with E-state index in [4.69, 9.17) is 18.2 Å². The smallest absolute Gasteiger partial charge is 0.136 e. The number of nitrogens with zero attached hydrogens (tertiary/aromatic N) is 2. The maximum atomic E-state index is 6.86. The van der Waals surface area contributed by atoms with E-state index in [1.54, 1.807) is 0 Å². The molecule has 71 heavy (non-hydrogen) atoms. The number of aliphatic imine (C=N–C) groups is 1. The summed E-state index contributed by atoms with van der Waals surface area (Å²) in [5, 5.41) is 19.2. The summed E-state index contributed by atoms with van der Waals surface area (Å²) in [6.45, 7) is 0. The highest BCUT2D eigenvalue weighted by Crippen LogP contribution is 2.45. The quantitative estimate of drug-likeness (QED) is 0.180. The van der Waals surface area contributed by atoms with E-state index in [9.17, 15) is 0 Å². The average molecular weight is 931 g/mol. The Morgan fingerprint density at radius 1 is 0.408 bits per heavy atom. The first-order valence-electron chi connectivity index (χ1n) is 24.0. The van der Waals surface area contributed by atoms with Gasteiger partial charge in [0.25, 0.3) is 0 Å². The van der Waals surface area contributed by atoms with E-state index < -0.39 is 6.17 Å². The van der Waals surface area contributed by atoms with Crippen LogP contribution in [0.15, 0.2) is 225 Å². The van der Waals surface area contributed by atoms with Crippen molar-refractivity contribution in [2.45, 2.75) is 12.3 Å². The molecular weight excluding hydrogens is 893 g/mol. The molecule has 7 nitrogen and oxygen atoms in total. The van der Waals surface area contributed by atoms with E-state index in [1.807, 2.05) is 53.8 Å². The molecule has 2 atom stereocenters. The third-order valence-corrected chi connectivity index (χ3v) is 15.8. The molecule has 16 rings (SSSR count). The van der Waals surface area contributed by atoms with Crippen molar-refractivity contribution in [3.63, 3.8) is 0 Å². The lowest BCUT2D eigenvalue weighted by Crippen LogP contribution is -2.45. The first-order chi connectivity index (χ1) is 35.2. The minimum atomic E-state index is -0.437. The van der Waals surface area contributed by atoms with Crippen LogP contribution in [-0.4, -0.2) is 10.4 Å². The molecule has 2 unspecified atom stereocenters. The molecule has 0 saturated carbocycles. The molecule has 0 spiro atoms. The number of hydrogen-bond donors (Lipinski definition) is 2. The van der Waals surface area contributed by atoms with Gasteiger partial charge in [0.1, 0.15) is 51.7 Å². The number of para-hydroxylation sites is 4. The van der Waals surface area contributed by atoms with Gasteiger partial charge in [0, 0.05) is 85.6 Å². The maximum Gasteiger partial charge on any atom is 0.136 e.